The molecule has 0 aromatic heterocycles. The van der Waals surface area contributed by atoms with Crippen molar-refractivity contribution in [2.75, 3.05) is 0 Å². The third kappa shape index (κ3) is 2.83. The highest BCUT2D eigenvalue weighted by Crippen LogP contribution is 2.20. The van der Waals surface area contributed by atoms with E-state index in [1.54, 1.807) is 0 Å². The zero-order valence-electron chi connectivity index (χ0n) is 10.1. The van der Waals surface area contributed by atoms with Crippen LogP contribution in [0.4, 0.5) is 0 Å². The Kier molecular flexibility index (Phi) is 3.62. The van der Waals surface area contributed by atoms with Crippen LogP contribution in [0.25, 0.3) is 0 Å². The Bertz CT molecular complexity index is 325. The van der Waals surface area contributed by atoms with Gasteiger partial charge in [0, 0.05) is 12.6 Å². The van der Waals surface area contributed by atoms with Crippen LogP contribution in [0, 0.1) is 0 Å². The van der Waals surface area contributed by atoms with E-state index >= 15 is 0 Å². The predicted octanol–water partition coefficient (Wildman–Crippen LogP) is 2.42. The molecule has 0 radical (unpaired) electrons. The van der Waals surface area contributed by atoms with Crippen LogP contribution in [0.3, 0.4) is 0 Å². The number of nitrogens with one attached hydrogen (secondary N) is 1. The number of aliphatic hydroxyl groups is 1. The molecule has 0 spiro atoms. The maximum atomic E-state index is 9.17. The van der Waals surface area contributed by atoms with E-state index in [1.165, 1.54) is 11.1 Å². The first-order valence-electron chi connectivity index (χ1n) is 6.15. The van der Waals surface area contributed by atoms with Gasteiger partial charge in [-0.15, -0.1) is 0 Å². The van der Waals surface area contributed by atoms with E-state index in [9.17, 15) is 5.11 Å². The van der Waals surface area contributed by atoms with Crippen molar-refractivity contribution in [1.82, 2.24) is 5.32 Å². The molecule has 2 heteroatoms. The molecule has 0 atom stereocenters. The average molecular weight is 219 g/mol. The van der Waals surface area contributed by atoms with Gasteiger partial charge in [-0.1, -0.05) is 38.1 Å². The summed E-state index contributed by atoms with van der Waals surface area (Å²) in [6.45, 7) is 5.34. The summed E-state index contributed by atoms with van der Waals surface area (Å²) in [4.78, 5) is 0. The van der Waals surface area contributed by atoms with E-state index in [0.29, 0.717) is 12.0 Å². The fourth-order valence-electron chi connectivity index (χ4n) is 2.04. The second kappa shape index (κ2) is 4.98. The van der Waals surface area contributed by atoms with Gasteiger partial charge in [-0.05, 0) is 29.9 Å². The van der Waals surface area contributed by atoms with Gasteiger partial charge in [0.25, 0.3) is 0 Å². The summed E-state index contributed by atoms with van der Waals surface area (Å²) in [5.74, 6) is 0.601. The maximum Gasteiger partial charge on any atom is 0.0570 e. The molecule has 1 aromatic carbocycles. The Labute approximate surface area is 97.7 Å². The smallest absolute Gasteiger partial charge is 0.0570 e. The summed E-state index contributed by atoms with van der Waals surface area (Å²) >= 11 is 0. The molecule has 0 unspecified atom stereocenters. The Hall–Kier alpha value is -0.860. The molecule has 0 aliphatic heterocycles. The van der Waals surface area contributed by atoms with Crippen molar-refractivity contribution in [1.29, 1.82) is 0 Å². The van der Waals surface area contributed by atoms with Crippen molar-refractivity contribution in [3.05, 3.63) is 35.4 Å². The second-order valence-electron chi connectivity index (χ2n) is 5.10. The van der Waals surface area contributed by atoms with Crippen molar-refractivity contribution in [2.45, 2.75) is 51.3 Å². The van der Waals surface area contributed by atoms with Gasteiger partial charge < -0.3 is 10.4 Å². The van der Waals surface area contributed by atoms with Gasteiger partial charge in [0.15, 0.2) is 0 Å². The summed E-state index contributed by atoms with van der Waals surface area (Å²) in [6, 6.07) is 9.31. The highest BCUT2D eigenvalue weighted by atomic mass is 16.3. The first-order valence-corrected chi connectivity index (χ1v) is 6.15. The third-order valence-electron chi connectivity index (χ3n) is 3.35. The molecule has 1 saturated carbocycles. The van der Waals surface area contributed by atoms with Gasteiger partial charge in [0.05, 0.1) is 6.10 Å². The van der Waals surface area contributed by atoms with Gasteiger partial charge >= 0.3 is 0 Å². The lowest BCUT2D eigenvalue weighted by atomic mass is 9.89. The number of rotatable bonds is 4. The summed E-state index contributed by atoms with van der Waals surface area (Å²) in [6.07, 6.45) is 1.74. The molecule has 2 rings (SSSR count). The molecule has 1 aromatic rings. The molecule has 2 nitrogen and oxygen atoms in total. The van der Waals surface area contributed by atoms with Crippen LogP contribution in [0.5, 0.6) is 0 Å². The van der Waals surface area contributed by atoms with Crippen molar-refractivity contribution >= 4 is 0 Å². The standard InChI is InChI=1S/C14H21NO/c1-10(2)12-5-3-11(4-6-12)9-15-13-7-14(16)8-13/h3-6,10,13-16H,7-9H2,1-2H3. The van der Waals surface area contributed by atoms with Gasteiger partial charge in [-0.25, -0.2) is 0 Å². The molecule has 88 valence electrons. The van der Waals surface area contributed by atoms with Crippen LogP contribution < -0.4 is 5.32 Å². The Morgan fingerprint density at radius 2 is 1.88 bits per heavy atom. The first kappa shape index (κ1) is 11.6. The van der Waals surface area contributed by atoms with Crippen molar-refractivity contribution in [2.24, 2.45) is 0 Å². The van der Waals surface area contributed by atoms with E-state index in [2.05, 4.69) is 43.4 Å². The van der Waals surface area contributed by atoms with Crippen molar-refractivity contribution in [3.8, 4) is 0 Å². The molecule has 0 bridgehead atoms. The fourth-order valence-corrected chi connectivity index (χ4v) is 2.04. The molecule has 0 amide bonds. The maximum absolute atomic E-state index is 9.17. The molecule has 1 aliphatic rings. The van der Waals surface area contributed by atoms with Crippen molar-refractivity contribution in [3.63, 3.8) is 0 Å². The van der Waals surface area contributed by atoms with Crippen LogP contribution in [0.1, 0.15) is 43.7 Å². The Morgan fingerprint density at radius 1 is 1.25 bits per heavy atom. The zero-order valence-corrected chi connectivity index (χ0v) is 10.1. The first-order chi connectivity index (χ1) is 7.65. The predicted molar refractivity (Wildman–Crippen MR) is 66.4 cm³/mol. The summed E-state index contributed by atoms with van der Waals surface area (Å²) in [5.41, 5.74) is 2.72. The molecule has 16 heavy (non-hydrogen) atoms. The Morgan fingerprint density at radius 3 is 2.38 bits per heavy atom. The largest absolute Gasteiger partial charge is 0.393 e. The van der Waals surface area contributed by atoms with Crippen LogP contribution in [-0.4, -0.2) is 17.3 Å². The molecular weight excluding hydrogens is 198 g/mol. The minimum Gasteiger partial charge on any atom is -0.393 e. The van der Waals surface area contributed by atoms with Crippen molar-refractivity contribution < 1.29 is 5.11 Å². The number of aliphatic hydroxyl groups excluding tert-OH is 1. The van der Waals surface area contributed by atoms with Gasteiger partial charge in [-0.2, -0.15) is 0 Å². The lowest BCUT2D eigenvalue weighted by molar-refractivity contribution is 0.0619. The molecular formula is C14H21NO. The fraction of sp³-hybridized carbons (Fsp3) is 0.571. The van der Waals surface area contributed by atoms with E-state index in [-0.39, 0.29) is 6.10 Å². The molecule has 1 fully saturated rings. The summed E-state index contributed by atoms with van der Waals surface area (Å²) in [7, 11) is 0. The highest BCUT2D eigenvalue weighted by molar-refractivity contribution is 5.24. The second-order valence-corrected chi connectivity index (χ2v) is 5.10. The van der Waals surface area contributed by atoms with Crippen LogP contribution in [0.15, 0.2) is 24.3 Å². The SMILES string of the molecule is CC(C)c1ccc(CNC2CC(O)C2)cc1. The van der Waals surface area contributed by atoms with Gasteiger partial charge in [0.2, 0.25) is 0 Å². The normalized spacial score (nSPS) is 24.5. The van der Waals surface area contributed by atoms with E-state index in [4.69, 9.17) is 0 Å². The van der Waals surface area contributed by atoms with E-state index in [0.717, 1.165) is 19.4 Å². The summed E-state index contributed by atoms with van der Waals surface area (Å²) < 4.78 is 0. The van der Waals surface area contributed by atoms with Gasteiger partial charge in [-0.3, -0.25) is 0 Å². The highest BCUT2D eigenvalue weighted by Gasteiger charge is 2.26. The topological polar surface area (TPSA) is 32.3 Å². The number of hydrogen-bond donors (Lipinski definition) is 2. The Balaban J connectivity index is 1.81. The summed E-state index contributed by atoms with van der Waals surface area (Å²) in [5, 5.41) is 12.6. The number of hydrogen-bond acceptors (Lipinski definition) is 2. The van der Waals surface area contributed by atoms with E-state index < -0.39 is 0 Å². The van der Waals surface area contributed by atoms with Crippen LogP contribution in [0.2, 0.25) is 0 Å². The monoisotopic (exact) mass is 219 g/mol. The zero-order chi connectivity index (χ0) is 11.5. The minimum atomic E-state index is -0.0687. The molecule has 0 saturated heterocycles. The molecule has 2 N–H and O–H groups in total. The minimum absolute atomic E-state index is 0.0687. The quantitative estimate of drug-likeness (QED) is 0.815. The van der Waals surface area contributed by atoms with Crippen LogP contribution >= 0.6 is 0 Å². The molecule has 1 aliphatic carbocycles. The lowest BCUT2D eigenvalue weighted by Crippen LogP contribution is -2.43. The van der Waals surface area contributed by atoms with Crippen LogP contribution in [-0.2, 0) is 6.54 Å². The number of benzene rings is 1. The van der Waals surface area contributed by atoms with Gasteiger partial charge in [0.1, 0.15) is 0 Å². The third-order valence-corrected chi connectivity index (χ3v) is 3.35. The van der Waals surface area contributed by atoms with E-state index in [1.807, 2.05) is 0 Å². The molecule has 0 heterocycles. The lowest BCUT2D eigenvalue weighted by Gasteiger charge is -2.32. The average Bonchev–Trinajstić information content (AvgIpc) is 2.23.